The number of aromatic amines is 1. The van der Waals surface area contributed by atoms with Crippen molar-refractivity contribution >= 4 is 22.8 Å². The van der Waals surface area contributed by atoms with Crippen LogP contribution < -0.4 is 4.74 Å². The number of aromatic nitrogens is 1. The summed E-state index contributed by atoms with van der Waals surface area (Å²) in [6.45, 7) is 9.42. The third-order valence-electron chi connectivity index (χ3n) is 7.74. The summed E-state index contributed by atoms with van der Waals surface area (Å²) in [7, 11) is 1.66. The molecule has 2 aliphatic heterocycles. The maximum atomic E-state index is 13.9. The van der Waals surface area contributed by atoms with Crippen molar-refractivity contribution in [3.63, 3.8) is 0 Å². The van der Waals surface area contributed by atoms with Crippen LogP contribution in [-0.4, -0.2) is 70.4 Å². The number of hydrogen-bond acceptors (Lipinski definition) is 4. The van der Waals surface area contributed by atoms with Crippen molar-refractivity contribution < 1.29 is 14.3 Å². The Morgan fingerprint density at radius 3 is 2.54 bits per heavy atom. The normalized spacial score (nSPS) is 21.7. The van der Waals surface area contributed by atoms with Gasteiger partial charge in [0.25, 0.3) is 5.91 Å². The van der Waals surface area contributed by atoms with E-state index in [-0.39, 0.29) is 18.0 Å². The number of nitrogens with zero attached hydrogens (tertiary/aromatic N) is 3. The summed E-state index contributed by atoms with van der Waals surface area (Å²) in [6, 6.07) is 15.4. The first-order chi connectivity index (χ1) is 16.9. The lowest BCUT2D eigenvalue weighted by molar-refractivity contribution is -0.133. The Morgan fingerprint density at radius 1 is 1.11 bits per heavy atom. The average Bonchev–Trinajstić information content (AvgIpc) is 3.32. The van der Waals surface area contributed by atoms with Crippen LogP contribution in [0.15, 0.2) is 48.5 Å². The Bertz CT molecular complexity index is 1250. The summed E-state index contributed by atoms with van der Waals surface area (Å²) in [5.74, 6) is 0.667. The Morgan fingerprint density at radius 2 is 1.86 bits per heavy atom. The first-order valence-corrected chi connectivity index (χ1v) is 12.5. The van der Waals surface area contributed by atoms with Crippen molar-refractivity contribution in [2.24, 2.45) is 0 Å². The van der Waals surface area contributed by atoms with E-state index in [0.29, 0.717) is 13.0 Å². The fraction of sp³-hybridized carbons (Fsp3) is 0.429. The molecule has 7 heteroatoms. The van der Waals surface area contributed by atoms with Crippen LogP contribution in [0.25, 0.3) is 10.9 Å². The fourth-order valence-electron chi connectivity index (χ4n) is 5.79. The molecular weight excluding hydrogens is 440 g/mol. The Kier molecular flexibility index (Phi) is 6.05. The van der Waals surface area contributed by atoms with Crippen LogP contribution >= 0.6 is 0 Å². The minimum Gasteiger partial charge on any atom is -0.497 e. The lowest BCUT2D eigenvalue weighted by Crippen LogP contribution is -2.53. The van der Waals surface area contributed by atoms with Crippen LogP contribution in [0, 0.1) is 0 Å². The second kappa shape index (κ2) is 9.04. The van der Waals surface area contributed by atoms with E-state index in [1.54, 1.807) is 7.11 Å². The molecule has 3 heterocycles. The van der Waals surface area contributed by atoms with Crippen LogP contribution in [0.1, 0.15) is 50.1 Å². The fourth-order valence-corrected chi connectivity index (χ4v) is 5.79. The SMILES string of the molecule is CCN(CC)CCCN1C(=O)N2[C@H](c3ccccc3)c3[nH]c4ccc(OC)cc4c3C[C@@]2(C)C1=O. The number of rotatable bonds is 8. The van der Waals surface area contributed by atoms with Gasteiger partial charge in [-0.15, -0.1) is 0 Å². The maximum absolute atomic E-state index is 13.9. The standard InChI is InChI=1S/C28H34N4O3/c1-5-30(6-2)15-10-16-31-26(33)28(3)18-22-21-17-20(35-4)13-14-23(21)29-24(22)25(32(28)27(31)34)19-11-8-7-9-12-19/h7-9,11-14,17,25,29H,5-6,10,15-16,18H2,1-4H3/t25-,28+/m1/s1. The number of carbonyl (C=O) groups excluding carboxylic acids is 2. The topological polar surface area (TPSA) is 68.9 Å². The molecule has 2 atom stereocenters. The van der Waals surface area contributed by atoms with E-state index >= 15 is 0 Å². The lowest BCUT2D eigenvalue weighted by Gasteiger charge is -2.42. The van der Waals surface area contributed by atoms with E-state index in [1.165, 1.54) is 4.90 Å². The third kappa shape index (κ3) is 3.69. The van der Waals surface area contributed by atoms with Gasteiger partial charge in [0.2, 0.25) is 0 Å². The molecule has 5 rings (SSSR count). The summed E-state index contributed by atoms with van der Waals surface area (Å²) in [4.78, 5) is 36.9. The number of urea groups is 1. The van der Waals surface area contributed by atoms with Crippen LogP contribution in [0.2, 0.25) is 0 Å². The van der Waals surface area contributed by atoms with Gasteiger partial charge < -0.3 is 14.6 Å². The number of H-pyrrole nitrogens is 1. The molecule has 0 unspecified atom stereocenters. The van der Waals surface area contributed by atoms with Crippen LogP contribution in [-0.2, 0) is 11.2 Å². The summed E-state index contributed by atoms with van der Waals surface area (Å²) < 4.78 is 5.49. The molecule has 184 valence electrons. The van der Waals surface area contributed by atoms with Gasteiger partial charge >= 0.3 is 6.03 Å². The van der Waals surface area contributed by atoms with Crippen molar-refractivity contribution in [2.45, 2.75) is 45.2 Å². The van der Waals surface area contributed by atoms with Crippen LogP contribution in [0.3, 0.4) is 0 Å². The van der Waals surface area contributed by atoms with E-state index in [9.17, 15) is 9.59 Å². The molecule has 1 fully saturated rings. The highest BCUT2D eigenvalue weighted by atomic mass is 16.5. The molecule has 1 N–H and O–H groups in total. The molecule has 0 spiro atoms. The summed E-state index contributed by atoms with van der Waals surface area (Å²) in [6.07, 6.45) is 1.24. The van der Waals surface area contributed by atoms with Gasteiger partial charge in [-0.25, -0.2) is 4.79 Å². The number of benzene rings is 2. The number of amides is 3. The molecule has 0 aliphatic carbocycles. The molecule has 1 aromatic heterocycles. The van der Waals surface area contributed by atoms with E-state index < -0.39 is 5.54 Å². The monoisotopic (exact) mass is 474 g/mol. The highest BCUT2D eigenvalue weighted by Crippen LogP contribution is 2.48. The lowest BCUT2D eigenvalue weighted by atomic mass is 9.81. The largest absolute Gasteiger partial charge is 0.497 e. The summed E-state index contributed by atoms with van der Waals surface area (Å²) in [5.41, 5.74) is 3.08. The molecule has 3 amide bonds. The first kappa shape index (κ1) is 23.4. The number of hydrogen-bond donors (Lipinski definition) is 1. The third-order valence-corrected chi connectivity index (χ3v) is 7.74. The Hall–Kier alpha value is -3.32. The van der Waals surface area contributed by atoms with E-state index in [0.717, 1.165) is 59.5 Å². The second-order valence-electron chi connectivity index (χ2n) is 9.68. The summed E-state index contributed by atoms with van der Waals surface area (Å²) >= 11 is 0. The minimum atomic E-state index is -0.946. The zero-order valence-electron chi connectivity index (χ0n) is 21.0. The van der Waals surface area contributed by atoms with Gasteiger partial charge in [0.05, 0.1) is 7.11 Å². The van der Waals surface area contributed by atoms with Gasteiger partial charge in [-0.1, -0.05) is 44.2 Å². The van der Waals surface area contributed by atoms with Gasteiger partial charge in [-0.2, -0.15) is 0 Å². The number of methoxy groups -OCH3 is 1. The molecule has 2 aliphatic rings. The van der Waals surface area contributed by atoms with Crippen molar-refractivity contribution in [2.75, 3.05) is 33.3 Å². The molecule has 0 radical (unpaired) electrons. The average molecular weight is 475 g/mol. The number of imide groups is 1. The molecule has 0 saturated carbocycles. The molecule has 3 aromatic rings. The van der Waals surface area contributed by atoms with Crippen molar-refractivity contribution in [1.82, 2.24) is 19.7 Å². The molecule has 35 heavy (non-hydrogen) atoms. The predicted molar refractivity (Wildman–Crippen MR) is 137 cm³/mol. The van der Waals surface area contributed by atoms with Gasteiger partial charge in [0.1, 0.15) is 17.3 Å². The van der Waals surface area contributed by atoms with Crippen molar-refractivity contribution in [3.8, 4) is 5.75 Å². The van der Waals surface area contributed by atoms with E-state index in [1.807, 2.05) is 60.4 Å². The Labute approximate surface area is 206 Å². The zero-order valence-corrected chi connectivity index (χ0v) is 21.0. The van der Waals surface area contributed by atoms with Gasteiger partial charge in [-0.05, 0) is 62.3 Å². The molecule has 1 saturated heterocycles. The predicted octanol–water partition coefficient (Wildman–Crippen LogP) is 4.58. The van der Waals surface area contributed by atoms with Crippen LogP contribution in [0.5, 0.6) is 5.75 Å². The number of ether oxygens (including phenoxy) is 1. The van der Waals surface area contributed by atoms with Crippen molar-refractivity contribution in [3.05, 3.63) is 65.4 Å². The zero-order chi connectivity index (χ0) is 24.7. The second-order valence-corrected chi connectivity index (χ2v) is 9.68. The minimum absolute atomic E-state index is 0.106. The first-order valence-electron chi connectivity index (χ1n) is 12.5. The van der Waals surface area contributed by atoms with Crippen molar-refractivity contribution in [1.29, 1.82) is 0 Å². The van der Waals surface area contributed by atoms with Gasteiger partial charge in [0, 0.05) is 29.6 Å². The van der Waals surface area contributed by atoms with E-state index in [2.05, 4.69) is 23.7 Å². The van der Waals surface area contributed by atoms with Gasteiger partial charge in [0.15, 0.2) is 0 Å². The van der Waals surface area contributed by atoms with Gasteiger partial charge in [-0.3, -0.25) is 14.6 Å². The smallest absolute Gasteiger partial charge is 0.328 e. The van der Waals surface area contributed by atoms with E-state index in [4.69, 9.17) is 4.74 Å². The Balaban J connectivity index is 1.58. The highest BCUT2D eigenvalue weighted by molar-refractivity contribution is 6.08. The van der Waals surface area contributed by atoms with Crippen LogP contribution in [0.4, 0.5) is 4.79 Å². The maximum Gasteiger partial charge on any atom is 0.328 e. The molecule has 0 bridgehead atoms. The molecule has 2 aromatic carbocycles. The molecule has 7 nitrogen and oxygen atoms in total. The quantitative estimate of drug-likeness (QED) is 0.486. The number of fused-ring (bicyclic) bond motifs is 4. The number of nitrogens with one attached hydrogen (secondary N) is 1. The number of carbonyl (C=O) groups is 2. The summed E-state index contributed by atoms with van der Waals surface area (Å²) in [5, 5.41) is 1.04. The highest BCUT2D eigenvalue weighted by Gasteiger charge is 2.59. The molecular formula is C28H34N4O3.